The van der Waals surface area contributed by atoms with Crippen LogP contribution in [0.4, 0.5) is 4.39 Å². The molecule has 4 aromatic rings. The van der Waals surface area contributed by atoms with Crippen molar-refractivity contribution in [3.05, 3.63) is 88.1 Å². The van der Waals surface area contributed by atoms with Gasteiger partial charge >= 0.3 is 0 Å². The van der Waals surface area contributed by atoms with Gasteiger partial charge in [0.1, 0.15) is 18.2 Å². The normalized spacial score (nSPS) is 15.2. The Kier molecular flexibility index (Phi) is 6.53. The molecule has 0 bridgehead atoms. The van der Waals surface area contributed by atoms with E-state index in [1.165, 1.54) is 17.1 Å². The van der Waals surface area contributed by atoms with E-state index in [1.54, 1.807) is 12.1 Å². The molecule has 3 heterocycles. The highest BCUT2D eigenvalue weighted by atomic mass is 35.5. The summed E-state index contributed by atoms with van der Waals surface area (Å²) in [6.45, 7) is 5.06. The molecular formula is C27H28ClFN4O. The van der Waals surface area contributed by atoms with Crippen molar-refractivity contribution in [3.63, 3.8) is 0 Å². The number of pyridine rings is 1. The second-order valence-electron chi connectivity index (χ2n) is 9.05. The zero-order valence-corrected chi connectivity index (χ0v) is 20.2. The molecule has 7 heteroatoms. The zero-order valence-electron chi connectivity index (χ0n) is 19.5. The number of piperidine rings is 1. The number of hydrogen-bond donors (Lipinski definition) is 0. The highest BCUT2D eigenvalue weighted by Gasteiger charge is 2.23. The number of aromatic nitrogens is 3. The molecular weight excluding hydrogens is 451 g/mol. The van der Waals surface area contributed by atoms with E-state index in [0.29, 0.717) is 22.4 Å². The van der Waals surface area contributed by atoms with Gasteiger partial charge in [-0.2, -0.15) is 0 Å². The van der Waals surface area contributed by atoms with Crippen LogP contribution in [0, 0.1) is 12.7 Å². The lowest BCUT2D eigenvalue weighted by atomic mass is 9.93. The number of aryl methyl sites for hydroxylation is 2. The molecule has 5 rings (SSSR count). The number of nitrogens with zero attached hydrogens (tertiary/aromatic N) is 4. The maximum Gasteiger partial charge on any atom is 0.213 e. The van der Waals surface area contributed by atoms with E-state index < -0.39 is 0 Å². The quantitative estimate of drug-likeness (QED) is 0.339. The second kappa shape index (κ2) is 9.72. The van der Waals surface area contributed by atoms with Crippen LogP contribution in [-0.2, 0) is 20.2 Å². The monoisotopic (exact) mass is 478 g/mol. The van der Waals surface area contributed by atoms with Crippen molar-refractivity contribution in [2.45, 2.75) is 38.8 Å². The minimum Gasteiger partial charge on any atom is -0.473 e. The van der Waals surface area contributed by atoms with Crippen LogP contribution in [-0.4, -0.2) is 32.5 Å². The minimum absolute atomic E-state index is 0.120. The van der Waals surface area contributed by atoms with Gasteiger partial charge < -0.3 is 9.30 Å². The van der Waals surface area contributed by atoms with Crippen molar-refractivity contribution in [2.75, 3.05) is 13.1 Å². The van der Waals surface area contributed by atoms with Crippen LogP contribution in [0.1, 0.15) is 41.4 Å². The van der Waals surface area contributed by atoms with Crippen molar-refractivity contribution in [3.8, 4) is 5.88 Å². The van der Waals surface area contributed by atoms with E-state index in [4.69, 9.17) is 26.3 Å². The fourth-order valence-corrected chi connectivity index (χ4v) is 4.78. The van der Waals surface area contributed by atoms with Gasteiger partial charge in [-0.05, 0) is 68.8 Å². The van der Waals surface area contributed by atoms with Crippen LogP contribution in [0.2, 0.25) is 5.02 Å². The van der Waals surface area contributed by atoms with Crippen molar-refractivity contribution in [1.82, 2.24) is 19.4 Å². The standard InChI is InChI=1S/C27H28ClFN4O/c1-18-6-9-25-24(14-18)30-26(32(25)2)16-33-12-10-19(11-13-33)23-4-3-5-27(31-23)34-17-20-7-8-21(28)15-22(20)29/h3-9,14-15,19H,10-13,16-17H2,1-2H3. The van der Waals surface area contributed by atoms with Gasteiger partial charge in [0.15, 0.2) is 0 Å². The molecule has 2 aromatic heterocycles. The third-order valence-electron chi connectivity index (χ3n) is 6.64. The van der Waals surface area contributed by atoms with Crippen molar-refractivity contribution in [1.29, 1.82) is 0 Å². The molecule has 1 aliphatic heterocycles. The van der Waals surface area contributed by atoms with Crippen LogP contribution in [0.15, 0.2) is 54.6 Å². The number of hydrogen-bond acceptors (Lipinski definition) is 4. The number of benzene rings is 2. The highest BCUT2D eigenvalue weighted by molar-refractivity contribution is 6.30. The molecule has 34 heavy (non-hydrogen) atoms. The summed E-state index contributed by atoms with van der Waals surface area (Å²) < 4.78 is 22.0. The van der Waals surface area contributed by atoms with Gasteiger partial charge in [-0.15, -0.1) is 0 Å². The Bertz CT molecular complexity index is 1310. The van der Waals surface area contributed by atoms with E-state index in [1.807, 2.05) is 12.1 Å². The summed E-state index contributed by atoms with van der Waals surface area (Å²) in [5.74, 6) is 1.63. The Morgan fingerprint density at radius 3 is 2.68 bits per heavy atom. The van der Waals surface area contributed by atoms with Crippen LogP contribution in [0.25, 0.3) is 11.0 Å². The summed E-state index contributed by atoms with van der Waals surface area (Å²) in [6.07, 6.45) is 2.07. The lowest BCUT2D eigenvalue weighted by molar-refractivity contribution is 0.197. The second-order valence-corrected chi connectivity index (χ2v) is 9.49. The first-order chi connectivity index (χ1) is 16.5. The SMILES string of the molecule is Cc1ccc2c(c1)nc(CN1CCC(c3cccc(OCc4ccc(Cl)cc4F)n3)CC1)n2C. The molecule has 0 unspecified atom stereocenters. The van der Waals surface area contributed by atoms with Crippen molar-refractivity contribution in [2.24, 2.45) is 7.05 Å². The predicted octanol–water partition coefficient (Wildman–Crippen LogP) is 6.03. The molecule has 1 saturated heterocycles. The number of halogens is 2. The van der Waals surface area contributed by atoms with E-state index in [9.17, 15) is 4.39 Å². The van der Waals surface area contributed by atoms with Crippen molar-refractivity contribution < 1.29 is 9.13 Å². The van der Waals surface area contributed by atoms with Gasteiger partial charge in [0.05, 0.1) is 17.6 Å². The molecule has 1 fully saturated rings. The topological polar surface area (TPSA) is 43.2 Å². The van der Waals surface area contributed by atoms with E-state index in [2.05, 4.69) is 47.7 Å². The van der Waals surface area contributed by atoms with Gasteiger partial charge in [0.2, 0.25) is 5.88 Å². The van der Waals surface area contributed by atoms with Gasteiger partial charge in [0, 0.05) is 35.3 Å². The minimum atomic E-state index is -0.369. The average molecular weight is 479 g/mol. The molecule has 1 aliphatic rings. The molecule has 0 radical (unpaired) electrons. The molecule has 0 saturated carbocycles. The van der Waals surface area contributed by atoms with Gasteiger partial charge in [-0.3, -0.25) is 4.90 Å². The van der Waals surface area contributed by atoms with Crippen molar-refractivity contribution >= 4 is 22.6 Å². The molecule has 0 spiro atoms. The Morgan fingerprint density at radius 2 is 1.88 bits per heavy atom. The lowest BCUT2D eigenvalue weighted by Gasteiger charge is -2.31. The van der Waals surface area contributed by atoms with Crippen LogP contribution in [0.5, 0.6) is 5.88 Å². The first-order valence-corrected chi connectivity index (χ1v) is 12.0. The third kappa shape index (κ3) is 4.93. The Morgan fingerprint density at radius 1 is 1.06 bits per heavy atom. The fraction of sp³-hybridized carbons (Fsp3) is 0.333. The van der Waals surface area contributed by atoms with Gasteiger partial charge in [0.25, 0.3) is 0 Å². The summed E-state index contributed by atoms with van der Waals surface area (Å²) in [7, 11) is 2.10. The number of imidazole rings is 1. The number of likely N-dealkylation sites (tertiary alicyclic amines) is 1. The van der Waals surface area contributed by atoms with E-state index >= 15 is 0 Å². The largest absolute Gasteiger partial charge is 0.473 e. The first kappa shape index (κ1) is 22.8. The van der Waals surface area contributed by atoms with E-state index in [-0.39, 0.29) is 12.4 Å². The smallest absolute Gasteiger partial charge is 0.213 e. The third-order valence-corrected chi connectivity index (χ3v) is 6.87. The zero-order chi connectivity index (χ0) is 23.7. The summed E-state index contributed by atoms with van der Waals surface area (Å²) in [5, 5.41) is 0.374. The maximum absolute atomic E-state index is 14.0. The molecule has 0 atom stereocenters. The highest BCUT2D eigenvalue weighted by Crippen LogP contribution is 2.29. The van der Waals surface area contributed by atoms with E-state index in [0.717, 1.165) is 49.5 Å². The lowest BCUT2D eigenvalue weighted by Crippen LogP contribution is -2.33. The summed E-state index contributed by atoms with van der Waals surface area (Å²) in [4.78, 5) is 12.1. The molecule has 176 valence electrons. The van der Waals surface area contributed by atoms with Crippen LogP contribution < -0.4 is 4.74 Å². The summed E-state index contributed by atoms with van der Waals surface area (Å²) >= 11 is 5.83. The summed E-state index contributed by atoms with van der Waals surface area (Å²) in [6, 6.07) is 16.9. The first-order valence-electron chi connectivity index (χ1n) is 11.6. The van der Waals surface area contributed by atoms with Crippen LogP contribution >= 0.6 is 11.6 Å². The Hall–Kier alpha value is -2.96. The molecule has 5 nitrogen and oxygen atoms in total. The number of fused-ring (bicyclic) bond motifs is 1. The predicted molar refractivity (Wildman–Crippen MR) is 133 cm³/mol. The van der Waals surface area contributed by atoms with Gasteiger partial charge in [-0.25, -0.2) is 14.4 Å². The number of ether oxygens (including phenoxy) is 1. The Balaban J connectivity index is 1.19. The van der Waals surface area contributed by atoms with Crippen LogP contribution in [0.3, 0.4) is 0 Å². The molecule has 0 aliphatic carbocycles. The molecule has 0 amide bonds. The van der Waals surface area contributed by atoms with Gasteiger partial charge in [-0.1, -0.05) is 29.8 Å². The fourth-order valence-electron chi connectivity index (χ4n) is 4.62. The summed E-state index contributed by atoms with van der Waals surface area (Å²) in [5.41, 5.74) is 4.96. The number of rotatable bonds is 6. The average Bonchev–Trinajstić information content (AvgIpc) is 3.13. The molecule has 2 aromatic carbocycles. The Labute approximate surface area is 204 Å². The molecule has 0 N–H and O–H groups in total. The maximum atomic E-state index is 14.0.